The highest BCUT2D eigenvalue weighted by molar-refractivity contribution is 5.89. The lowest BCUT2D eigenvalue weighted by Gasteiger charge is -2.27. The van der Waals surface area contributed by atoms with Gasteiger partial charge in [0.15, 0.2) is 5.69 Å². The van der Waals surface area contributed by atoms with E-state index in [1.165, 1.54) is 0 Å². The third kappa shape index (κ3) is 3.32. The molecule has 0 atom stereocenters. The lowest BCUT2D eigenvalue weighted by molar-refractivity contribution is 0.206. The summed E-state index contributed by atoms with van der Waals surface area (Å²) < 4.78 is 7.36. The Bertz CT molecular complexity index is 1180. The van der Waals surface area contributed by atoms with E-state index in [0.717, 1.165) is 22.5 Å². The van der Waals surface area contributed by atoms with Gasteiger partial charge in [0.05, 0.1) is 6.54 Å². The maximum atomic E-state index is 12.8. The van der Waals surface area contributed by atoms with E-state index in [-0.39, 0.29) is 6.03 Å². The molecule has 1 N–H and O–H groups in total. The fourth-order valence-corrected chi connectivity index (χ4v) is 3.69. The van der Waals surface area contributed by atoms with Crippen LogP contribution < -0.4 is 5.32 Å². The van der Waals surface area contributed by atoms with E-state index in [9.17, 15) is 4.79 Å². The number of hydrogen-bond donors (Lipinski definition) is 1. The molecule has 150 valence electrons. The highest BCUT2D eigenvalue weighted by Gasteiger charge is 2.29. The fraction of sp³-hybridized carbons (Fsp3) is 0.182. The third-order valence-electron chi connectivity index (χ3n) is 5.22. The molecule has 4 aromatic rings. The molecular weight excluding hydrogens is 380 g/mol. The molecule has 2 amide bonds. The maximum Gasteiger partial charge on any atom is 0.322 e. The van der Waals surface area contributed by atoms with Crippen LogP contribution in [0.2, 0.25) is 0 Å². The Morgan fingerprint density at radius 3 is 2.57 bits per heavy atom. The van der Waals surface area contributed by atoms with E-state index in [2.05, 4.69) is 20.6 Å². The Kier molecular flexibility index (Phi) is 4.51. The summed E-state index contributed by atoms with van der Waals surface area (Å²) in [5, 5.41) is 11.7. The Balaban J connectivity index is 1.41. The molecule has 1 aliphatic heterocycles. The van der Waals surface area contributed by atoms with Crippen molar-refractivity contribution in [3.05, 3.63) is 71.9 Å². The molecule has 0 spiro atoms. The second-order valence-electron chi connectivity index (χ2n) is 7.15. The van der Waals surface area contributed by atoms with Gasteiger partial charge in [0, 0.05) is 42.5 Å². The topological polar surface area (TPSA) is 89.1 Å². The highest BCUT2D eigenvalue weighted by atomic mass is 16.5. The van der Waals surface area contributed by atoms with Gasteiger partial charge in [-0.15, -0.1) is 0 Å². The number of nitrogens with one attached hydrogen (secondary N) is 1. The molecule has 3 heterocycles. The van der Waals surface area contributed by atoms with Crippen molar-refractivity contribution in [2.75, 3.05) is 11.9 Å². The summed E-state index contributed by atoms with van der Waals surface area (Å²) in [6.07, 6.45) is 0.709. The van der Waals surface area contributed by atoms with E-state index in [1.54, 1.807) is 4.90 Å². The van der Waals surface area contributed by atoms with Crippen LogP contribution in [0.4, 0.5) is 10.5 Å². The zero-order chi connectivity index (χ0) is 20.5. The molecule has 0 radical (unpaired) electrons. The quantitative estimate of drug-likeness (QED) is 0.566. The maximum absolute atomic E-state index is 12.8. The molecule has 0 saturated carbocycles. The van der Waals surface area contributed by atoms with Gasteiger partial charge in [-0.05, 0) is 12.1 Å². The van der Waals surface area contributed by atoms with Crippen LogP contribution in [0.25, 0.3) is 23.0 Å². The standard InChI is InChI=1S/C22H20N6O2/c1-27-18-12-13-28(22(29)23-16-10-6-3-7-11-16)14-17(18)19(25-27)21-24-20(26-30-21)15-8-4-2-5-9-15/h2-11H,12-14H2,1H3,(H,23,29). The number of aromatic nitrogens is 4. The molecule has 0 saturated heterocycles. The minimum absolute atomic E-state index is 0.142. The summed E-state index contributed by atoms with van der Waals surface area (Å²) in [5.41, 5.74) is 4.29. The van der Waals surface area contributed by atoms with Gasteiger partial charge in [-0.25, -0.2) is 4.79 Å². The molecule has 0 fully saturated rings. The first kappa shape index (κ1) is 18.1. The van der Waals surface area contributed by atoms with Gasteiger partial charge in [-0.1, -0.05) is 53.7 Å². The van der Waals surface area contributed by atoms with E-state index in [0.29, 0.717) is 36.9 Å². The predicted octanol–water partition coefficient (Wildman–Crippen LogP) is 3.73. The molecule has 2 aromatic heterocycles. The van der Waals surface area contributed by atoms with Crippen LogP contribution in [0.3, 0.4) is 0 Å². The Hall–Kier alpha value is -3.94. The number of fused-ring (bicyclic) bond motifs is 1. The van der Waals surface area contributed by atoms with Crippen LogP contribution >= 0.6 is 0 Å². The van der Waals surface area contributed by atoms with Crippen LogP contribution in [0, 0.1) is 0 Å². The predicted molar refractivity (Wildman–Crippen MR) is 112 cm³/mol. The number of para-hydroxylation sites is 1. The smallest absolute Gasteiger partial charge is 0.322 e. The summed E-state index contributed by atoms with van der Waals surface area (Å²) in [6.45, 7) is 1.05. The number of rotatable bonds is 3. The van der Waals surface area contributed by atoms with Crippen LogP contribution in [-0.2, 0) is 20.0 Å². The zero-order valence-corrected chi connectivity index (χ0v) is 16.4. The van der Waals surface area contributed by atoms with Crippen molar-refractivity contribution in [3.8, 4) is 23.0 Å². The average molecular weight is 400 g/mol. The first-order valence-corrected chi connectivity index (χ1v) is 9.74. The van der Waals surface area contributed by atoms with Crippen molar-refractivity contribution in [2.24, 2.45) is 7.05 Å². The van der Waals surface area contributed by atoms with Gasteiger partial charge in [0.1, 0.15) is 0 Å². The number of aryl methyl sites for hydroxylation is 1. The number of anilines is 1. The molecule has 0 unspecified atom stereocenters. The van der Waals surface area contributed by atoms with Crippen LogP contribution in [0.1, 0.15) is 11.3 Å². The summed E-state index contributed by atoms with van der Waals surface area (Å²) in [7, 11) is 1.90. The van der Waals surface area contributed by atoms with Crippen molar-refractivity contribution in [1.82, 2.24) is 24.8 Å². The molecule has 8 nitrogen and oxygen atoms in total. The zero-order valence-electron chi connectivity index (χ0n) is 16.4. The van der Waals surface area contributed by atoms with Crippen molar-refractivity contribution in [3.63, 3.8) is 0 Å². The number of amides is 2. The van der Waals surface area contributed by atoms with Gasteiger partial charge in [-0.3, -0.25) is 4.68 Å². The normalized spacial score (nSPS) is 13.2. The third-order valence-corrected chi connectivity index (χ3v) is 5.22. The van der Waals surface area contributed by atoms with Gasteiger partial charge < -0.3 is 14.7 Å². The SMILES string of the molecule is Cn1nc(-c2nc(-c3ccccc3)no2)c2c1CCN(C(=O)Nc1ccccc1)C2. The molecule has 2 aromatic carbocycles. The second kappa shape index (κ2) is 7.47. The molecule has 30 heavy (non-hydrogen) atoms. The molecule has 0 bridgehead atoms. The largest absolute Gasteiger partial charge is 0.332 e. The number of urea groups is 1. The van der Waals surface area contributed by atoms with Crippen LogP contribution in [0.5, 0.6) is 0 Å². The van der Waals surface area contributed by atoms with E-state index < -0.39 is 0 Å². The van der Waals surface area contributed by atoms with Crippen molar-refractivity contribution in [1.29, 1.82) is 0 Å². The molecule has 8 heteroatoms. The summed E-state index contributed by atoms with van der Waals surface area (Å²) in [6, 6.07) is 18.9. The summed E-state index contributed by atoms with van der Waals surface area (Å²) >= 11 is 0. The lowest BCUT2D eigenvalue weighted by atomic mass is 10.1. The van der Waals surface area contributed by atoms with Crippen LogP contribution in [0.15, 0.2) is 65.2 Å². The van der Waals surface area contributed by atoms with Crippen molar-refractivity contribution in [2.45, 2.75) is 13.0 Å². The number of benzene rings is 2. The summed E-state index contributed by atoms with van der Waals surface area (Å²) in [4.78, 5) is 19.1. The highest BCUT2D eigenvalue weighted by Crippen LogP contribution is 2.30. The van der Waals surface area contributed by atoms with Gasteiger partial charge in [0.2, 0.25) is 5.82 Å². The Labute approximate surface area is 173 Å². The Morgan fingerprint density at radius 2 is 1.80 bits per heavy atom. The fourth-order valence-electron chi connectivity index (χ4n) is 3.69. The minimum atomic E-state index is -0.142. The van der Waals surface area contributed by atoms with E-state index in [1.807, 2.05) is 72.4 Å². The van der Waals surface area contributed by atoms with Gasteiger partial charge in [0.25, 0.3) is 5.89 Å². The second-order valence-corrected chi connectivity index (χ2v) is 7.15. The first-order chi connectivity index (χ1) is 14.7. The molecule has 0 aliphatic carbocycles. The minimum Gasteiger partial charge on any atom is -0.332 e. The van der Waals surface area contributed by atoms with E-state index in [4.69, 9.17) is 4.52 Å². The van der Waals surface area contributed by atoms with Gasteiger partial charge in [-0.2, -0.15) is 10.1 Å². The molecule has 5 rings (SSSR count). The average Bonchev–Trinajstić information content (AvgIpc) is 3.40. The summed E-state index contributed by atoms with van der Waals surface area (Å²) in [5.74, 6) is 0.871. The van der Waals surface area contributed by atoms with E-state index >= 15 is 0 Å². The van der Waals surface area contributed by atoms with Gasteiger partial charge >= 0.3 is 6.03 Å². The van der Waals surface area contributed by atoms with Crippen molar-refractivity contribution < 1.29 is 9.32 Å². The number of nitrogens with zero attached hydrogens (tertiary/aromatic N) is 5. The molecular formula is C22H20N6O2. The molecule has 1 aliphatic rings. The Morgan fingerprint density at radius 1 is 1.07 bits per heavy atom. The van der Waals surface area contributed by atoms with Crippen LogP contribution in [-0.4, -0.2) is 37.4 Å². The van der Waals surface area contributed by atoms with Crippen molar-refractivity contribution >= 4 is 11.7 Å². The number of carbonyl (C=O) groups is 1. The lowest BCUT2D eigenvalue weighted by Crippen LogP contribution is -2.39. The monoisotopic (exact) mass is 400 g/mol. The number of carbonyl (C=O) groups excluding carboxylic acids is 1. The number of hydrogen-bond acceptors (Lipinski definition) is 5. The first-order valence-electron chi connectivity index (χ1n) is 9.74.